The van der Waals surface area contributed by atoms with Crippen molar-refractivity contribution in [3.63, 3.8) is 0 Å². The number of nitrogens with two attached hydrogens (primary N) is 1. The predicted octanol–water partition coefficient (Wildman–Crippen LogP) is 0.222. The Balaban J connectivity index is 2.08. The highest BCUT2D eigenvalue weighted by molar-refractivity contribution is 6.09. The molecule has 15 heavy (non-hydrogen) atoms. The fourth-order valence-corrected chi connectivity index (χ4v) is 2.44. The van der Waals surface area contributed by atoms with Gasteiger partial charge in [-0.05, 0) is 17.9 Å². The van der Waals surface area contributed by atoms with Crippen LogP contribution in [0.2, 0.25) is 0 Å². The Hall–Kier alpha value is -0.900. The molecule has 2 fully saturated rings. The van der Waals surface area contributed by atoms with Crippen LogP contribution in [0.3, 0.4) is 0 Å². The van der Waals surface area contributed by atoms with Crippen LogP contribution in [0.1, 0.15) is 20.8 Å². The van der Waals surface area contributed by atoms with Crippen LogP contribution < -0.4 is 5.73 Å². The van der Waals surface area contributed by atoms with E-state index < -0.39 is 0 Å². The van der Waals surface area contributed by atoms with Gasteiger partial charge in [0.1, 0.15) is 0 Å². The lowest BCUT2D eigenvalue weighted by atomic mass is 9.96. The summed E-state index contributed by atoms with van der Waals surface area (Å²) in [5.74, 6) is -0.0679. The molecule has 2 N–H and O–H groups in total. The first-order valence-corrected chi connectivity index (χ1v) is 5.42. The molecule has 0 aromatic carbocycles. The molecule has 0 aromatic heterocycles. The lowest BCUT2D eigenvalue weighted by Gasteiger charge is -2.26. The summed E-state index contributed by atoms with van der Waals surface area (Å²) in [5.41, 5.74) is 5.47. The maximum Gasteiger partial charge on any atom is 0.233 e. The van der Waals surface area contributed by atoms with Gasteiger partial charge in [0.15, 0.2) is 0 Å². The van der Waals surface area contributed by atoms with Crippen molar-refractivity contribution in [2.45, 2.75) is 20.8 Å². The molecule has 2 rings (SSSR count). The molecular weight excluding hydrogens is 192 g/mol. The van der Waals surface area contributed by atoms with Gasteiger partial charge in [-0.3, -0.25) is 14.5 Å². The highest BCUT2D eigenvalue weighted by Crippen LogP contribution is 2.53. The molecule has 2 unspecified atom stereocenters. The van der Waals surface area contributed by atoms with Gasteiger partial charge in [-0.2, -0.15) is 0 Å². The second-order valence-corrected chi connectivity index (χ2v) is 5.77. The van der Waals surface area contributed by atoms with Gasteiger partial charge in [0, 0.05) is 6.54 Å². The van der Waals surface area contributed by atoms with Gasteiger partial charge in [-0.1, -0.05) is 20.8 Å². The maximum absolute atomic E-state index is 11.9. The van der Waals surface area contributed by atoms with Gasteiger partial charge in [0.25, 0.3) is 0 Å². The normalized spacial score (nSPS) is 34.7. The van der Waals surface area contributed by atoms with Gasteiger partial charge >= 0.3 is 0 Å². The fourth-order valence-electron chi connectivity index (χ4n) is 2.44. The van der Waals surface area contributed by atoms with Gasteiger partial charge in [0.05, 0.1) is 11.8 Å². The third kappa shape index (κ3) is 1.57. The number of imide groups is 1. The van der Waals surface area contributed by atoms with Crippen LogP contribution in [-0.4, -0.2) is 29.8 Å². The SMILES string of the molecule is CC(C)(C)CN1C(=O)C2C(CN)C2C1=O. The first kappa shape index (κ1) is 10.6. The molecule has 1 aliphatic heterocycles. The largest absolute Gasteiger partial charge is 0.330 e. The minimum Gasteiger partial charge on any atom is -0.330 e. The third-order valence-corrected chi connectivity index (χ3v) is 3.18. The Morgan fingerprint density at radius 3 is 2.00 bits per heavy atom. The second-order valence-electron chi connectivity index (χ2n) is 5.77. The average molecular weight is 210 g/mol. The number of nitrogens with zero attached hydrogens (tertiary/aromatic N) is 1. The first-order valence-electron chi connectivity index (χ1n) is 5.42. The topological polar surface area (TPSA) is 63.4 Å². The van der Waals surface area contributed by atoms with Crippen molar-refractivity contribution < 1.29 is 9.59 Å². The van der Waals surface area contributed by atoms with Crippen molar-refractivity contribution in [1.82, 2.24) is 4.90 Å². The Bertz CT molecular complexity index is 297. The van der Waals surface area contributed by atoms with E-state index in [4.69, 9.17) is 5.73 Å². The van der Waals surface area contributed by atoms with E-state index in [1.165, 1.54) is 4.90 Å². The van der Waals surface area contributed by atoms with Gasteiger partial charge in [0.2, 0.25) is 11.8 Å². The number of rotatable bonds is 2. The first-order chi connectivity index (χ1) is 6.87. The predicted molar refractivity (Wildman–Crippen MR) is 55.7 cm³/mol. The Kier molecular flexibility index (Phi) is 2.15. The van der Waals surface area contributed by atoms with Crippen molar-refractivity contribution in [2.24, 2.45) is 28.9 Å². The monoisotopic (exact) mass is 210 g/mol. The smallest absolute Gasteiger partial charge is 0.233 e. The average Bonchev–Trinajstić information content (AvgIpc) is 2.78. The summed E-state index contributed by atoms with van der Waals surface area (Å²) in [5, 5.41) is 0. The van der Waals surface area contributed by atoms with Crippen molar-refractivity contribution in [2.75, 3.05) is 13.1 Å². The number of piperidine rings is 1. The zero-order valence-corrected chi connectivity index (χ0v) is 9.49. The van der Waals surface area contributed by atoms with E-state index in [-0.39, 0.29) is 35.0 Å². The van der Waals surface area contributed by atoms with Crippen LogP contribution in [0.15, 0.2) is 0 Å². The highest BCUT2D eigenvalue weighted by Gasteiger charge is 2.66. The standard InChI is InChI=1S/C11H18N2O2/c1-11(2,3)5-13-9(14)7-6(4-12)8(7)10(13)15/h6-8H,4-5,12H2,1-3H3. The summed E-state index contributed by atoms with van der Waals surface area (Å²) >= 11 is 0. The molecule has 4 nitrogen and oxygen atoms in total. The van der Waals surface area contributed by atoms with E-state index in [1.807, 2.05) is 20.8 Å². The molecule has 2 atom stereocenters. The van der Waals surface area contributed by atoms with Crippen LogP contribution >= 0.6 is 0 Å². The molecule has 0 bridgehead atoms. The summed E-state index contributed by atoms with van der Waals surface area (Å²) in [6.07, 6.45) is 0. The molecule has 1 heterocycles. The number of carbonyl (C=O) groups is 2. The number of likely N-dealkylation sites (tertiary alicyclic amines) is 1. The number of hydrogen-bond acceptors (Lipinski definition) is 3. The van der Waals surface area contributed by atoms with E-state index in [9.17, 15) is 9.59 Å². The van der Waals surface area contributed by atoms with Crippen LogP contribution in [0.4, 0.5) is 0 Å². The molecular formula is C11H18N2O2. The van der Waals surface area contributed by atoms with Crippen molar-refractivity contribution in [3.8, 4) is 0 Å². The van der Waals surface area contributed by atoms with Crippen LogP contribution in [0, 0.1) is 23.2 Å². The number of hydrogen-bond donors (Lipinski definition) is 1. The number of fused-ring (bicyclic) bond motifs is 1. The van der Waals surface area contributed by atoms with E-state index in [0.29, 0.717) is 13.1 Å². The molecule has 2 amide bonds. The minimum atomic E-state index is -0.0927. The van der Waals surface area contributed by atoms with E-state index in [1.54, 1.807) is 0 Å². The third-order valence-electron chi connectivity index (χ3n) is 3.18. The zero-order valence-electron chi connectivity index (χ0n) is 9.49. The molecule has 2 aliphatic rings. The summed E-state index contributed by atoms with van der Waals surface area (Å²) in [4.78, 5) is 25.1. The maximum atomic E-state index is 11.9. The summed E-state index contributed by atoms with van der Waals surface area (Å²) < 4.78 is 0. The Morgan fingerprint density at radius 2 is 1.67 bits per heavy atom. The van der Waals surface area contributed by atoms with Crippen LogP contribution in [0.5, 0.6) is 0 Å². The molecule has 1 saturated carbocycles. The molecule has 0 spiro atoms. The van der Waals surface area contributed by atoms with Crippen LogP contribution in [-0.2, 0) is 9.59 Å². The minimum absolute atomic E-state index is 0.00428. The van der Waals surface area contributed by atoms with Gasteiger partial charge < -0.3 is 5.73 Å². The van der Waals surface area contributed by atoms with Crippen molar-refractivity contribution in [1.29, 1.82) is 0 Å². The molecule has 84 valence electrons. The highest BCUT2D eigenvalue weighted by atomic mass is 16.2. The second kappa shape index (κ2) is 3.04. The summed E-state index contributed by atoms with van der Waals surface area (Å²) in [6, 6.07) is 0. The fraction of sp³-hybridized carbons (Fsp3) is 0.818. The number of carbonyl (C=O) groups excluding carboxylic acids is 2. The van der Waals surface area contributed by atoms with E-state index in [2.05, 4.69) is 0 Å². The summed E-state index contributed by atoms with van der Waals surface area (Å²) in [6.45, 7) is 7.05. The molecule has 1 saturated heterocycles. The van der Waals surface area contributed by atoms with Gasteiger partial charge in [-0.25, -0.2) is 0 Å². The van der Waals surface area contributed by atoms with Gasteiger partial charge in [-0.15, -0.1) is 0 Å². The molecule has 1 aliphatic carbocycles. The van der Waals surface area contributed by atoms with Crippen LogP contribution in [0.25, 0.3) is 0 Å². The Morgan fingerprint density at radius 1 is 1.20 bits per heavy atom. The quantitative estimate of drug-likeness (QED) is 0.663. The van der Waals surface area contributed by atoms with E-state index >= 15 is 0 Å². The zero-order chi connectivity index (χ0) is 11.4. The van der Waals surface area contributed by atoms with Crippen molar-refractivity contribution >= 4 is 11.8 Å². The lowest BCUT2D eigenvalue weighted by Crippen LogP contribution is -2.40. The molecule has 0 aromatic rings. The molecule has 0 radical (unpaired) electrons. The Labute approximate surface area is 89.8 Å². The lowest BCUT2D eigenvalue weighted by molar-refractivity contribution is -0.143. The van der Waals surface area contributed by atoms with E-state index in [0.717, 1.165) is 0 Å². The number of amides is 2. The summed E-state index contributed by atoms with van der Waals surface area (Å²) in [7, 11) is 0. The molecule has 4 heteroatoms. The van der Waals surface area contributed by atoms with Crippen molar-refractivity contribution in [3.05, 3.63) is 0 Å².